The van der Waals surface area contributed by atoms with Crippen LogP contribution in [-0.4, -0.2) is 57.9 Å². The van der Waals surface area contributed by atoms with Crippen LogP contribution in [0.1, 0.15) is 41.7 Å². The van der Waals surface area contributed by atoms with Crippen LogP contribution < -0.4 is 4.74 Å². The van der Waals surface area contributed by atoms with Crippen LogP contribution >= 0.6 is 11.3 Å². The molecule has 1 aromatic heterocycles. The SMILES string of the molecule is O=C(c1cscn1)N1CCCCCc2cc(F)ccc2OC[C@@H](O)[C@@H](O)CC1. The second-order valence-corrected chi connectivity index (χ2v) is 7.68. The van der Waals surface area contributed by atoms with Gasteiger partial charge in [-0.2, -0.15) is 0 Å². The van der Waals surface area contributed by atoms with Crippen molar-refractivity contribution >= 4 is 17.2 Å². The van der Waals surface area contributed by atoms with Gasteiger partial charge < -0.3 is 19.8 Å². The number of carbonyl (C=O) groups is 1. The Balaban J connectivity index is 1.71. The van der Waals surface area contributed by atoms with E-state index >= 15 is 0 Å². The molecule has 1 aliphatic heterocycles. The maximum Gasteiger partial charge on any atom is 0.273 e. The number of halogens is 1. The maximum absolute atomic E-state index is 13.6. The van der Waals surface area contributed by atoms with E-state index < -0.39 is 12.2 Å². The normalized spacial score (nSPS) is 22.0. The highest BCUT2D eigenvalue weighted by Crippen LogP contribution is 2.23. The van der Waals surface area contributed by atoms with Crippen molar-refractivity contribution in [2.75, 3.05) is 19.7 Å². The number of amides is 1. The third-order valence-electron chi connectivity index (χ3n) is 4.88. The molecular formula is C20H25FN2O4S. The predicted molar refractivity (Wildman–Crippen MR) is 104 cm³/mol. The minimum Gasteiger partial charge on any atom is -0.491 e. The maximum atomic E-state index is 13.6. The highest BCUT2D eigenvalue weighted by atomic mass is 32.1. The van der Waals surface area contributed by atoms with Crippen LogP contribution in [0, 0.1) is 5.82 Å². The molecule has 0 radical (unpaired) electrons. The minimum atomic E-state index is -1.10. The number of ether oxygens (including phenoxy) is 1. The smallest absolute Gasteiger partial charge is 0.273 e. The van der Waals surface area contributed by atoms with Crippen LogP contribution in [0.15, 0.2) is 29.1 Å². The van der Waals surface area contributed by atoms with Gasteiger partial charge in [0.25, 0.3) is 5.91 Å². The monoisotopic (exact) mass is 408 g/mol. The van der Waals surface area contributed by atoms with Crippen LogP contribution in [0.3, 0.4) is 0 Å². The van der Waals surface area contributed by atoms with E-state index in [2.05, 4.69) is 4.98 Å². The van der Waals surface area contributed by atoms with Gasteiger partial charge in [-0.1, -0.05) is 6.42 Å². The van der Waals surface area contributed by atoms with E-state index in [1.807, 2.05) is 0 Å². The molecular weight excluding hydrogens is 383 g/mol. The lowest BCUT2D eigenvalue weighted by molar-refractivity contribution is -0.0153. The van der Waals surface area contributed by atoms with E-state index in [-0.39, 0.29) is 24.8 Å². The first kappa shape index (κ1) is 20.7. The molecule has 8 heteroatoms. The molecule has 1 aliphatic rings. The van der Waals surface area contributed by atoms with Crippen LogP contribution in [0.2, 0.25) is 0 Å². The second-order valence-electron chi connectivity index (χ2n) is 6.96. The lowest BCUT2D eigenvalue weighted by Crippen LogP contribution is -2.38. The first-order chi connectivity index (χ1) is 13.5. The highest BCUT2D eigenvalue weighted by molar-refractivity contribution is 7.07. The topological polar surface area (TPSA) is 82.9 Å². The molecule has 2 N–H and O–H groups in total. The fourth-order valence-electron chi connectivity index (χ4n) is 3.24. The Morgan fingerprint density at radius 1 is 1.21 bits per heavy atom. The molecule has 0 unspecified atom stereocenters. The number of aryl methyl sites for hydroxylation is 1. The second kappa shape index (κ2) is 9.95. The minimum absolute atomic E-state index is 0.0974. The average molecular weight is 408 g/mol. The predicted octanol–water partition coefficient (Wildman–Crippen LogP) is 2.64. The van der Waals surface area contributed by atoms with Crippen molar-refractivity contribution in [2.24, 2.45) is 0 Å². The number of benzene rings is 1. The number of fused-ring (bicyclic) bond motifs is 1. The number of aromatic nitrogens is 1. The van der Waals surface area contributed by atoms with Gasteiger partial charge in [-0.05, 0) is 49.4 Å². The van der Waals surface area contributed by atoms with Gasteiger partial charge in [0.1, 0.15) is 30.0 Å². The Morgan fingerprint density at radius 3 is 2.86 bits per heavy atom. The van der Waals surface area contributed by atoms with Crippen molar-refractivity contribution < 1.29 is 24.1 Å². The van der Waals surface area contributed by atoms with E-state index in [0.717, 1.165) is 24.8 Å². The van der Waals surface area contributed by atoms with E-state index in [1.54, 1.807) is 21.9 Å². The summed E-state index contributed by atoms with van der Waals surface area (Å²) in [7, 11) is 0. The summed E-state index contributed by atoms with van der Waals surface area (Å²) in [6.45, 7) is 0.780. The molecule has 1 amide bonds. The van der Waals surface area contributed by atoms with Gasteiger partial charge in [0.15, 0.2) is 0 Å². The lowest BCUT2D eigenvalue weighted by Gasteiger charge is -2.26. The molecule has 152 valence electrons. The molecule has 3 rings (SSSR count). The largest absolute Gasteiger partial charge is 0.491 e. The summed E-state index contributed by atoms with van der Waals surface area (Å²) in [6.07, 6.45) is 1.25. The summed E-state index contributed by atoms with van der Waals surface area (Å²) in [5.74, 6) is 0.0350. The van der Waals surface area contributed by atoms with Gasteiger partial charge in [0.05, 0.1) is 11.6 Å². The summed E-state index contributed by atoms with van der Waals surface area (Å²) >= 11 is 1.36. The van der Waals surface area contributed by atoms with E-state index in [9.17, 15) is 19.4 Å². The van der Waals surface area contributed by atoms with Crippen molar-refractivity contribution in [1.82, 2.24) is 9.88 Å². The Kier molecular flexibility index (Phi) is 7.36. The van der Waals surface area contributed by atoms with E-state index in [0.29, 0.717) is 31.0 Å². The number of thiazole rings is 1. The number of hydrogen-bond acceptors (Lipinski definition) is 6. The Hall–Kier alpha value is -2.03. The third kappa shape index (κ3) is 5.50. The molecule has 2 aromatic rings. The average Bonchev–Trinajstić information content (AvgIpc) is 3.22. The molecule has 0 fully saturated rings. The summed E-state index contributed by atoms with van der Waals surface area (Å²) in [5, 5.41) is 22.2. The van der Waals surface area contributed by atoms with Crippen LogP contribution in [0.25, 0.3) is 0 Å². The molecule has 2 atom stereocenters. The van der Waals surface area contributed by atoms with Gasteiger partial charge in [0, 0.05) is 18.5 Å². The zero-order valence-corrected chi connectivity index (χ0v) is 16.4. The van der Waals surface area contributed by atoms with E-state index in [1.165, 1.54) is 23.5 Å². The molecule has 0 spiro atoms. The van der Waals surface area contributed by atoms with Crippen molar-refractivity contribution in [3.8, 4) is 5.75 Å². The summed E-state index contributed by atoms with van der Waals surface area (Å²) in [6, 6.07) is 4.33. The fourth-order valence-corrected chi connectivity index (χ4v) is 3.77. The zero-order valence-electron chi connectivity index (χ0n) is 15.6. The van der Waals surface area contributed by atoms with Gasteiger partial charge in [-0.15, -0.1) is 11.3 Å². The summed E-state index contributed by atoms with van der Waals surface area (Å²) < 4.78 is 19.2. The Morgan fingerprint density at radius 2 is 2.07 bits per heavy atom. The van der Waals surface area contributed by atoms with Crippen molar-refractivity contribution in [2.45, 2.75) is 44.3 Å². The lowest BCUT2D eigenvalue weighted by atomic mass is 10.0. The summed E-state index contributed by atoms with van der Waals surface area (Å²) in [5.41, 5.74) is 2.76. The van der Waals surface area contributed by atoms with Crippen molar-refractivity contribution in [3.63, 3.8) is 0 Å². The number of carbonyl (C=O) groups excluding carboxylic acids is 1. The molecule has 0 bridgehead atoms. The van der Waals surface area contributed by atoms with Crippen LogP contribution in [0.4, 0.5) is 4.39 Å². The zero-order chi connectivity index (χ0) is 19.9. The molecule has 6 nitrogen and oxygen atoms in total. The number of hydrogen-bond donors (Lipinski definition) is 2. The first-order valence-electron chi connectivity index (χ1n) is 9.49. The molecule has 0 saturated heterocycles. The number of aliphatic hydroxyl groups is 2. The van der Waals surface area contributed by atoms with Crippen molar-refractivity contribution in [1.29, 1.82) is 0 Å². The van der Waals surface area contributed by atoms with Gasteiger partial charge >= 0.3 is 0 Å². The number of rotatable bonds is 1. The molecule has 0 saturated carbocycles. The molecule has 2 heterocycles. The van der Waals surface area contributed by atoms with Crippen molar-refractivity contribution in [3.05, 3.63) is 46.2 Å². The fraction of sp³-hybridized carbons (Fsp3) is 0.500. The quantitative estimate of drug-likeness (QED) is 0.758. The molecule has 28 heavy (non-hydrogen) atoms. The standard InChI is InChI=1S/C20H25FN2O4S/c21-15-5-6-19-14(10-15)4-2-1-3-8-23(20(26)16-12-28-13-22-16)9-7-17(24)18(25)11-27-19/h5-6,10,12-13,17-18,24-25H,1-4,7-9,11H2/t17-,18+/m0/s1. The van der Waals surface area contributed by atoms with E-state index in [4.69, 9.17) is 4.74 Å². The number of aliphatic hydroxyl groups excluding tert-OH is 2. The van der Waals surface area contributed by atoms with Crippen LogP contribution in [-0.2, 0) is 6.42 Å². The first-order valence-corrected chi connectivity index (χ1v) is 10.4. The highest BCUT2D eigenvalue weighted by Gasteiger charge is 2.23. The number of nitrogens with zero attached hydrogens (tertiary/aromatic N) is 2. The van der Waals surface area contributed by atoms with Gasteiger partial charge in [-0.25, -0.2) is 9.37 Å². The summed E-state index contributed by atoms with van der Waals surface area (Å²) in [4.78, 5) is 18.4. The molecule has 1 aromatic carbocycles. The molecule has 0 aliphatic carbocycles. The van der Waals surface area contributed by atoms with Crippen LogP contribution in [0.5, 0.6) is 5.75 Å². The van der Waals surface area contributed by atoms with Gasteiger partial charge in [0.2, 0.25) is 0 Å². The van der Waals surface area contributed by atoms with Gasteiger partial charge in [-0.3, -0.25) is 4.79 Å². The third-order valence-corrected chi connectivity index (χ3v) is 5.47. The Labute approximate surface area is 167 Å². The Bertz CT molecular complexity index is 772.